The average Bonchev–Trinajstić information content (AvgIpc) is 2.75. The van der Waals surface area contributed by atoms with Crippen molar-refractivity contribution in [2.75, 3.05) is 19.7 Å². The van der Waals surface area contributed by atoms with E-state index in [1.54, 1.807) is 11.8 Å². The first-order valence-corrected chi connectivity index (χ1v) is 5.91. The Balaban J connectivity index is 2.51. The Bertz CT molecular complexity index is 256. The highest BCUT2D eigenvalue weighted by molar-refractivity contribution is 5.84. The normalized spacial score (nSPS) is 19.6. The predicted molar refractivity (Wildman–Crippen MR) is 60.1 cm³/mol. The van der Waals surface area contributed by atoms with Gasteiger partial charge in [-0.1, -0.05) is 6.92 Å². The molecular weight excluding hydrogens is 208 g/mol. The lowest BCUT2D eigenvalue weighted by Gasteiger charge is -2.23. The van der Waals surface area contributed by atoms with Crippen molar-refractivity contribution in [3.63, 3.8) is 0 Å². The fourth-order valence-electron chi connectivity index (χ4n) is 1.83. The first-order valence-electron chi connectivity index (χ1n) is 5.91. The van der Waals surface area contributed by atoms with Crippen molar-refractivity contribution in [1.82, 2.24) is 10.2 Å². The molecule has 0 aromatic carbocycles. The standard InChI is InChI=1S/C11H20N2O3/c1-3-7-12-11(15)13-8-5-6-9(13)10(14)16-4-2/h9H,3-8H2,1-2H3,(H,12,15). The average molecular weight is 228 g/mol. The second-order valence-electron chi connectivity index (χ2n) is 3.84. The van der Waals surface area contributed by atoms with Gasteiger partial charge in [0.05, 0.1) is 6.61 Å². The third-order valence-corrected chi connectivity index (χ3v) is 2.60. The molecule has 1 atom stereocenters. The van der Waals surface area contributed by atoms with Crippen LogP contribution in [0, 0.1) is 0 Å². The first kappa shape index (κ1) is 12.8. The maximum atomic E-state index is 11.7. The number of amides is 2. The minimum atomic E-state index is -0.392. The zero-order valence-corrected chi connectivity index (χ0v) is 9.99. The van der Waals surface area contributed by atoms with E-state index in [1.165, 1.54) is 0 Å². The van der Waals surface area contributed by atoms with Gasteiger partial charge in [0, 0.05) is 13.1 Å². The van der Waals surface area contributed by atoms with Crippen LogP contribution in [0.4, 0.5) is 4.79 Å². The van der Waals surface area contributed by atoms with Crippen molar-refractivity contribution in [3.05, 3.63) is 0 Å². The van der Waals surface area contributed by atoms with Crippen molar-refractivity contribution in [2.45, 2.75) is 39.2 Å². The van der Waals surface area contributed by atoms with Crippen molar-refractivity contribution in [3.8, 4) is 0 Å². The number of esters is 1. The number of nitrogens with zero attached hydrogens (tertiary/aromatic N) is 1. The Morgan fingerprint density at radius 2 is 2.19 bits per heavy atom. The van der Waals surface area contributed by atoms with Gasteiger partial charge in [0.2, 0.25) is 0 Å². The number of urea groups is 1. The molecule has 1 aliphatic rings. The topological polar surface area (TPSA) is 58.6 Å². The first-order chi connectivity index (χ1) is 7.70. The number of hydrogen-bond acceptors (Lipinski definition) is 3. The van der Waals surface area contributed by atoms with Crippen LogP contribution in [-0.2, 0) is 9.53 Å². The molecule has 16 heavy (non-hydrogen) atoms. The number of nitrogens with one attached hydrogen (secondary N) is 1. The quantitative estimate of drug-likeness (QED) is 0.734. The molecule has 0 aromatic rings. The molecule has 92 valence electrons. The molecule has 1 saturated heterocycles. The molecule has 0 aliphatic carbocycles. The zero-order chi connectivity index (χ0) is 12.0. The molecule has 5 heteroatoms. The summed E-state index contributed by atoms with van der Waals surface area (Å²) < 4.78 is 4.95. The van der Waals surface area contributed by atoms with Gasteiger partial charge < -0.3 is 15.0 Å². The molecule has 2 amide bonds. The van der Waals surface area contributed by atoms with Gasteiger partial charge in [-0.25, -0.2) is 9.59 Å². The molecule has 0 radical (unpaired) electrons. The summed E-state index contributed by atoms with van der Waals surface area (Å²) in [5.41, 5.74) is 0. The van der Waals surface area contributed by atoms with E-state index >= 15 is 0 Å². The Kier molecular flexibility index (Phi) is 5.08. The summed E-state index contributed by atoms with van der Waals surface area (Å²) in [6, 6.07) is -0.547. The Morgan fingerprint density at radius 3 is 2.81 bits per heavy atom. The van der Waals surface area contributed by atoms with Crippen LogP contribution < -0.4 is 5.32 Å². The molecule has 0 spiro atoms. The summed E-state index contributed by atoms with van der Waals surface area (Å²) >= 11 is 0. The second-order valence-corrected chi connectivity index (χ2v) is 3.84. The molecule has 1 rings (SSSR count). The summed E-state index contributed by atoms with van der Waals surface area (Å²) in [5, 5.41) is 2.78. The van der Waals surface area contributed by atoms with Gasteiger partial charge >= 0.3 is 12.0 Å². The lowest BCUT2D eigenvalue weighted by atomic mass is 10.2. The Labute approximate surface area is 96.1 Å². The van der Waals surface area contributed by atoms with Gasteiger partial charge in [0.1, 0.15) is 6.04 Å². The highest BCUT2D eigenvalue weighted by Gasteiger charge is 2.34. The van der Waals surface area contributed by atoms with E-state index in [2.05, 4.69) is 5.32 Å². The maximum absolute atomic E-state index is 11.7. The van der Waals surface area contributed by atoms with E-state index in [1.807, 2.05) is 6.92 Å². The van der Waals surface area contributed by atoms with Gasteiger partial charge in [0.25, 0.3) is 0 Å². The van der Waals surface area contributed by atoms with E-state index in [9.17, 15) is 9.59 Å². The largest absolute Gasteiger partial charge is 0.464 e. The van der Waals surface area contributed by atoms with Gasteiger partial charge in [0.15, 0.2) is 0 Å². The zero-order valence-electron chi connectivity index (χ0n) is 9.99. The lowest BCUT2D eigenvalue weighted by molar-refractivity contribution is -0.147. The third-order valence-electron chi connectivity index (χ3n) is 2.60. The van der Waals surface area contributed by atoms with Crippen molar-refractivity contribution < 1.29 is 14.3 Å². The van der Waals surface area contributed by atoms with E-state index in [4.69, 9.17) is 4.74 Å². The fourth-order valence-corrected chi connectivity index (χ4v) is 1.83. The number of hydrogen-bond donors (Lipinski definition) is 1. The van der Waals surface area contributed by atoms with Crippen LogP contribution in [-0.4, -0.2) is 42.6 Å². The van der Waals surface area contributed by atoms with E-state index in [0.29, 0.717) is 26.1 Å². The monoisotopic (exact) mass is 228 g/mol. The molecule has 1 heterocycles. The highest BCUT2D eigenvalue weighted by atomic mass is 16.5. The van der Waals surface area contributed by atoms with Crippen LogP contribution in [0.25, 0.3) is 0 Å². The minimum absolute atomic E-state index is 0.155. The van der Waals surface area contributed by atoms with Gasteiger partial charge in [-0.2, -0.15) is 0 Å². The second kappa shape index (κ2) is 6.35. The van der Waals surface area contributed by atoms with Crippen LogP contribution >= 0.6 is 0 Å². The maximum Gasteiger partial charge on any atom is 0.328 e. The third kappa shape index (κ3) is 3.12. The summed E-state index contributed by atoms with van der Waals surface area (Å²) in [6.07, 6.45) is 2.46. The molecule has 1 unspecified atom stereocenters. The fraction of sp³-hybridized carbons (Fsp3) is 0.818. The number of carbonyl (C=O) groups excluding carboxylic acids is 2. The molecule has 0 bridgehead atoms. The molecule has 1 fully saturated rings. The smallest absolute Gasteiger partial charge is 0.328 e. The number of rotatable bonds is 4. The van der Waals surface area contributed by atoms with Crippen LogP contribution in [0.5, 0.6) is 0 Å². The van der Waals surface area contributed by atoms with Crippen molar-refractivity contribution >= 4 is 12.0 Å². The molecule has 0 aromatic heterocycles. The van der Waals surface area contributed by atoms with Crippen molar-refractivity contribution in [1.29, 1.82) is 0 Å². The lowest BCUT2D eigenvalue weighted by Crippen LogP contribution is -2.46. The number of carbonyl (C=O) groups is 2. The van der Waals surface area contributed by atoms with Gasteiger partial charge in [-0.15, -0.1) is 0 Å². The molecule has 1 aliphatic heterocycles. The summed E-state index contributed by atoms with van der Waals surface area (Å²) in [4.78, 5) is 24.9. The summed E-state index contributed by atoms with van der Waals surface area (Å²) in [5.74, 6) is -0.286. The number of likely N-dealkylation sites (tertiary alicyclic amines) is 1. The SMILES string of the molecule is CCCNC(=O)N1CCCC1C(=O)OCC. The molecule has 5 nitrogen and oxygen atoms in total. The van der Waals surface area contributed by atoms with Crippen LogP contribution in [0.3, 0.4) is 0 Å². The van der Waals surface area contributed by atoms with E-state index < -0.39 is 6.04 Å². The van der Waals surface area contributed by atoms with E-state index in [-0.39, 0.29) is 12.0 Å². The van der Waals surface area contributed by atoms with Crippen LogP contribution in [0.15, 0.2) is 0 Å². The van der Waals surface area contributed by atoms with Crippen LogP contribution in [0.2, 0.25) is 0 Å². The van der Waals surface area contributed by atoms with Gasteiger partial charge in [-0.05, 0) is 26.2 Å². The molecular formula is C11H20N2O3. The van der Waals surface area contributed by atoms with Crippen molar-refractivity contribution in [2.24, 2.45) is 0 Å². The highest BCUT2D eigenvalue weighted by Crippen LogP contribution is 2.18. The predicted octanol–water partition coefficient (Wildman–Crippen LogP) is 1.13. The summed E-state index contributed by atoms with van der Waals surface area (Å²) in [6.45, 7) is 5.41. The Morgan fingerprint density at radius 1 is 1.44 bits per heavy atom. The van der Waals surface area contributed by atoms with Crippen LogP contribution in [0.1, 0.15) is 33.1 Å². The number of ether oxygens (including phenoxy) is 1. The molecule has 1 N–H and O–H groups in total. The van der Waals surface area contributed by atoms with Gasteiger partial charge in [-0.3, -0.25) is 0 Å². The Hall–Kier alpha value is -1.26. The summed E-state index contributed by atoms with van der Waals surface area (Å²) in [7, 11) is 0. The van der Waals surface area contributed by atoms with E-state index in [0.717, 1.165) is 12.8 Å². The minimum Gasteiger partial charge on any atom is -0.464 e. The molecule has 0 saturated carbocycles.